The Bertz CT molecular complexity index is 960. The lowest BCUT2D eigenvalue weighted by molar-refractivity contribution is 0.284. The Balaban J connectivity index is 2.73. The molecule has 0 saturated carbocycles. The maximum absolute atomic E-state index is 12.8. The highest BCUT2D eigenvalue weighted by atomic mass is 32.2. The Hall–Kier alpha value is -2.17. The molecule has 0 spiro atoms. The van der Waals surface area contributed by atoms with Crippen molar-refractivity contribution in [2.45, 2.75) is 70.0 Å². The van der Waals surface area contributed by atoms with Crippen molar-refractivity contribution in [3.63, 3.8) is 0 Å². The van der Waals surface area contributed by atoms with Gasteiger partial charge in [-0.2, -0.15) is 0 Å². The van der Waals surface area contributed by atoms with Crippen LogP contribution < -0.4 is 0 Å². The first-order chi connectivity index (χ1) is 13.9. The summed E-state index contributed by atoms with van der Waals surface area (Å²) in [6.45, 7) is 13.8. The van der Waals surface area contributed by atoms with Gasteiger partial charge in [0, 0.05) is 31.4 Å². The van der Waals surface area contributed by atoms with Crippen LogP contribution in [-0.2, 0) is 14.4 Å². The predicted octanol–water partition coefficient (Wildman–Crippen LogP) is 4.78. The molecule has 1 aromatic carbocycles. The number of unbranched alkanes of at least 4 members (excludes halogenated alkanes) is 1. The molecule has 0 atom stereocenters. The van der Waals surface area contributed by atoms with E-state index in [4.69, 9.17) is 10.8 Å². The largest absolute Gasteiger partial charge is 0.417 e. The van der Waals surface area contributed by atoms with Crippen molar-refractivity contribution < 1.29 is 12.8 Å². The molecule has 1 aromatic rings. The molecule has 162 valence electrons. The van der Waals surface area contributed by atoms with Crippen LogP contribution in [-0.4, -0.2) is 34.2 Å². The molecule has 4 nitrogen and oxygen atoms in total. The molecule has 0 aliphatic carbocycles. The SMILES string of the molecule is C#CCCN(C#CC#CCCCO[Si](C)(C)C(C)(C)C)S(=O)(=O)c1ccc(C)cc1. The molecular formula is C24H33NO3SSi. The van der Waals surface area contributed by atoms with Gasteiger partial charge in [-0.3, -0.25) is 0 Å². The van der Waals surface area contributed by atoms with Gasteiger partial charge < -0.3 is 4.43 Å². The van der Waals surface area contributed by atoms with Crippen LogP contribution in [0.1, 0.15) is 45.6 Å². The van der Waals surface area contributed by atoms with E-state index < -0.39 is 18.3 Å². The Morgan fingerprint density at radius 1 is 1.10 bits per heavy atom. The number of benzene rings is 1. The number of hydrogen-bond acceptors (Lipinski definition) is 3. The Kier molecular flexibility index (Phi) is 9.73. The van der Waals surface area contributed by atoms with E-state index in [0.29, 0.717) is 13.0 Å². The van der Waals surface area contributed by atoms with E-state index in [9.17, 15) is 8.42 Å². The normalized spacial score (nSPS) is 11.5. The van der Waals surface area contributed by atoms with Gasteiger partial charge in [0.2, 0.25) is 0 Å². The van der Waals surface area contributed by atoms with Crippen LogP contribution in [0, 0.1) is 43.1 Å². The molecule has 0 heterocycles. The summed E-state index contributed by atoms with van der Waals surface area (Å²) in [4.78, 5) is 0.190. The zero-order chi connectivity index (χ0) is 22.8. The van der Waals surface area contributed by atoms with Crippen molar-refractivity contribution in [3.8, 4) is 36.1 Å². The summed E-state index contributed by atoms with van der Waals surface area (Å²) < 4.78 is 32.8. The summed E-state index contributed by atoms with van der Waals surface area (Å²) >= 11 is 0. The zero-order valence-electron chi connectivity index (χ0n) is 19.0. The topological polar surface area (TPSA) is 46.6 Å². The lowest BCUT2D eigenvalue weighted by Gasteiger charge is -2.36. The van der Waals surface area contributed by atoms with E-state index in [0.717, 1.165) is 16.3 Å². The van der Waals surface area contributed by atoms with Crippen LogP contribution in [0.3, 0.4) is 0 Å². The molecule has 0 aromatic heterocycles. The number of terminal acetylenes is 1. The Morgan fingerprint density at radius 2 is 1.73 bits per heavy atom. The van der Waals surface area contributed by atoms with E-state index in [1.165, 1.54) is 0 Å². The standard InChI is InChI=1S/C24H33NO3SSi/c1-8-9-19-25(29(26,27)23-17-15-22(2)16-18-23)20-13-11-10-12-14-21-28-30(6,7)24(3,4)5/h1,15-18H,9,12,14,19,21H2,2-7H3. The van der Waals surface area contributed by atoms with Gasteiger partial charge in [0.15, 0.2) is 8.32 Å². The van der Waals surface area contributed by atoms with Crippen LogP contribution in [0.25, 0.3) is 0 Å². The van der Waals surface area contributed by atoms with Gasteiger partial charge in [-0.25, -0.2) is 12.7 Å². The summed E-state index contributed by atoms with van der Waals surface area (Å²) in [6.07, 6.45) is 7.05. The summed E-state index contributed by atoms with van der Waals surface area (Å²) in [5.41, 5.74) is 0.985. The molecule has 0 N–H and O–H groups in total. The van der Waals surface area contributed by atoms with E-state index in [1.807, 2.05) is 6.92 Å². The molecule has 0 fully saturated rings. The molecule has 0 aliphatic rings. The van der Waals surface area contributed by atoms with Crippen molar-refractivity contribution in [1.82, 2.24) is 4.31 Å². The summed E-state index contributed by atoms with van der Waals surface area (Å²) in [5.74, 6) is 10.8. The first-order valence-electron chi connectivity index (χ1n) is 10.1. The minimum absolute atomic E-state index is 0.127. The lowest BCUT2D eigenvalue weighted by atomic mass is 10.2. The second-order valence-corrected chi connectivity index (χ2v) is 15.3. The predicted molar refractivity (Wildman–Crippen MR) is 126 cm³/mol. The molecule has 0 aliphatic heterocycles. The Morgan fingerprint density at radius 3 is 2.30 bits per heavy atom. The summed E-state index contributed by atoms with van der Waals surface area (Å²) in [6, 6.07) is 9.30. The van der Waals surface area contributed by atoms with Gasteiger partial charge in [0.1, 0.15) is 0 Å². The number of nitrogens with zero attached hydrogens (tertiary/aromatic N) is 1. The van der Waals surface area contributed by atoms with Crippen molar-refractivity contribution in [2.75, 3.05) is 13.2 Å². The fraction of sp³-hybridized carbons (Fsp3) is 0.500. The first-order valence-corrected chi connectivity index (χ1v) is 14.4. The molecular weight excluding hydrogens is 410 g/mol. The van der Waals surface area contributed by atoms with Crippen LogP contribution in [0.2, 0.25) is 18.1 Å². The Labute approximate surface area is 184 Å². The molecule has 1 rings (SSSR count). The van der Waals surface area contributed by atoms with Gasteiger partial charge in [0.05, 0.1) is 11.4 Å². The van der Waals surface area contributed by atoms with Gasteiger partial charge in [-0.1, -0.05) is 44.4 Å². The monoisotopic (exact) mass is 443 g/mol. The van der Waals surface area contributed by atoms with E-state index in [2.05, 4.69) is 63.6 Å². The number of aryl methyl sites for hydroxylation is 1. The molecule has 0 saturated heterocycles. The molecule has 30 heavy (non-hydrogen) atoms. The average molecular weight is 444 g/mol. The zero-order valence-corrected chi connectivity index (χ0v) is 20.8. The van der Waals surface area contributed by atoms with Crippen LogP contribution in [0.15, 0.2) is 29.2 Å². The minimum atomic E-state index is -3.74. The highest BCUT2D eigenvalue weighted by molar-refractivity contribution is 7.89. The molecule has 6 heteroatoms. The quantitative estimate of drug-likeness (QED) is 0.251. The third-order valence-electron chi connectivity index (χ3n) is 5.11. The average Bonchev–Trinajstić information content (AvgIpc) is 2.65. The fourth-order valence-electron chi connectivity index (χ4n) is 2.14. The second-order valence-electron chi connectivity index (χ2n) is 8.60. The van der Waals surface area contributed by atoms with Gasteiger partial charge in [-0.15, -0.1) is 12.3 Å². The minimum Gasteiger partial charge on any atom is -0.417 e. The van der Waals surface area contributed by atoms with Crippen LogP contribution >= 0.6 is 0 Å². The van der Waals surface area contributed by atoms with Gasteiger partial charge in [-0.05, 0) is 49.5 Å². The molecule has 0 unspecified atom stereocenters. The first kappa shape index (κ1) is 25.9. The van der Waals surface area contributed by atoms with Crippen molar-refractivity contribution in [3.05, 3.63) is 29.8 Å². The summed E-state index contributed by atoms with van der Waals surface area (Å²) in [5, 5.41) is 0.189. The third-order valence-corrected chi connectivity index (χ3v) is 11.4. The van der Waals surface area contributed by atoms with E-state index in [1.54, 1.807) is 24.3 Å². The van der Waals surface area contributed by atoms with Crippen molar-refractivity contribution in [1.29, 1.82) is 0 Å². The molecule has 0 amide bonds. The number of hydrogen-bond donors (Lipinski definition) is 0. The van der Waals surface area contributed by atoms with Crippen LogP contribution in [0.5, 0.6) is 0 Å². The summed E-state index contributed by atoms with van der Waals surface area (Å²) in [7, 11) is -5.47. The highest BCUT2D eigenvalue weighted by Gasteiger charge is 2.36. The van der Waals surface area contributed by atoms with Crippen LogP contribution in [0.4, 0.5) is 0 Å². The third kappa shape index (κ3) is 7.92. The van der Waals surface area contributed by atoms with Gasteiger partial charge >= 0.3 is 0 Å². The second kappa shape index (κ2) is 11.3. The van der Waals surface area contributed by atoms with E-state index in [-0.39, 0.29) is 22.9 Å². The molecule has 0 bridgehead atoms. The van der Waals surface area contributed by atoms with E-state index >= 15 is 0 Å². The molecule has 0 radical (unpaired) electrons. The highest BCUT2D eigenvalue weighted by Crippen LogP contribution is 2.36. The number of rotatable bonds is 8. The maximum atomic E-state index is 12.8. The van der Waals surface area contributed by atoms with Crippen molar-refractivity contribution >= 4 is 18.3 Å². The van der Waals surface area contributed by atoms with Crippen molar-refractivity contribution in [2.24, 2.45) is 0 Å². The maximum Gasteiger partial charge on any atom is 0.271 e. The smallest absolute Gasteiger partial charge is 0.271 e. The van der Waals surface area contributed by atoms with Gasteiger partial charge in [0.25, 0.3) is 10.0 Å². The fourth-order valence-corrected chi connectivity index (χ4v) is 4.46. The lowest BCUT2D eigenvalue weighted by Crippen LogP contribution is -2.40. The number of sulfonamides is 1.